The number of anilines is 1. The lowest BCUT2D eigenvalue weighted by atomic mass is 10.1. The molecule has 0 saturated heterocycles. The first-order valence-corrected chi connectivity index (χ1v) is 10.8. The fourth-order valence-electron chi connectivity index (χ4n) is 3.78. The summed E-state index contributed by atoms with van der Waals surface area (Å²) in [5.74, 6) is -1.15. The Bertz CT molecular complexity index is 1450. The summed E-state index contributed by atoms with van der Waals surface area (Å²) in [4.78, 5) is 48.5. The van der Waals surface area contributed by atoms with Crippen molar-refractivity contribution in [3.05, 3.63) is 87.1 Å². The summed E-state index contributed by atoms with van der Waals surface area (Å²) < 4.78 is 12.0. The van der Waals surface area contributed by atoms with E-state index in [1.807, 2.05) is 0 Å². The molecule has 0 aliphatic carbocycles. The minimum Gasteiger partial charge on any atom is -0.494 e. The fourth-order valence-corrected chi connectivity index (χ4v) is 3.78. The molecule has 4 rings (SSSR count). The Morgan fingerprint density at radius 3 is 2.23 bits per heavy atom. The smallest absolute Gasteiger partial charge is 0.326 e. The number of nitrogens with zero attached hydrogens (tertiary/aromatic N) is 2. The lowest BCUT2D eigenvalue weighted by molar-refractivity contribution is -0.384. The van der Waals surface area contributed by atoms with Crippen molar-refractivity contribution < 1.29 is 24.0 Å². The van der Waals surface area contributed by atoms with Crippen LogP contribution in [0.25, 0.3) is 21.8 Å². The van der Waals surface area contributed by atoms with Crippen LogP contribution in [-0.4, -0.2) is 34.6 Å². The second kappa shape index (κ2) is 10.0. The Hall–Kier alpha value is -4.73. The van der Waals surface area contributed by atoms with Crippen LogP contribution >= 0.6 is 0 Å². The number of amides is 1. The monoisotopic (exact) mass is 475 g/mol. The highest BCUT2D eigenvalue weighted by Crippen LogP contribution is 2.29. The van der Waals surface area contributed by atoms with Gasteiger partial charge in [-0.2, -0.15) is 0 Å². The predicted molar refractivity (Wildman–Crippen MR) is 130 cm³/mol. The van der Waals surface area contributed by atoms with Gasteiger partial charge in [-0.15, -0.1) is 0 Å². The van der Waals surface area contributed by atoms with Gasteiger partial charge >= 0.3 is 5.97 Å². The second-order valence-corrected chi connectivity index (χ2v) is 7.53. The molecule has 0 spiro atoms. The molecule has 1 amide bonds. The Balaban J connectivity index is 1.50. The van der Waals surface area contributed by atoms with Crippen molar-refractivity contribution in [3.63, 3.8) is 0 Å². The van der Waals surface area contributed by atoms with Crippen molar-refractivity contribution in [3.8, 4) is 5.75 Å². The van der Waals surface area contributed by atoms with Gasteiger partial charge in [0.2, 0.25) is 0 Å². The molecule has 35 heavy (non-hydrogen) atoms. The number of nitro benzene ring substituents is 1. The zero-order chi connectivity index (χ0) is 24.9. The number of nitrogens with one attached hydrogen (secondary N) is 1. The molecular weight excluding hydrogens is 454 g/mol. The summed E-state index contributed by atoms with van der Waals surface area (Å²) in [6.45, 7) is 1.20. The number of ether oxygens (including phenoxy) is 2. The SMILES string of the molecule is CCOc1ccc(NC(=O)COC(=O)Cn2c3ccccc3c(=O)c3ccccc32)c([N+](=O)[O-])c1. The summed E-state index contributed by atoms with van der Waals surface area (Å²) in [6.07, 6.45) is 0. The third kappa shape index (κ3) is 4.96. The first-order chi connectivity index (χ1) is 16.9. The maximum Gasteiger partial charge on any atom is 0.326 e. The standard InChI is InChI=1S/C25H21N3O7/c1-2-34-16-11-12-19(22(13-16)28(32)33)26-23(29)15-35-24(30)14-27-20-9-5-3-7-17(20)25(31)18-8-4-6-10-21(18)27/h3-13H,2,14-15H2,1H3,(H,26,29). The number of rotatable bonds is 8. The van der Waals surface area contributed by atoms with Gasteiger partial charge in [0.1, 0.15) is 18.0 Å². The molecule has 1 heterocycles. The van der Waals surface area contributed by atoms with Crippen molar-refractivity contribution in [2.75, 3.05) is 18.5 Å². The van der Waals surface area contributed by atoms with Gasteiger partial charge < -0.3 is 19.4 Å². The molecule has 10 nitrogen and oxygen atoms in total. The number of hydrogen-bond acceptors (Lipinski definition) is 7. The third-order valence-electron chi connectivity index (χ3n) is 5.28. The van der Waals surface area contributed by atoms with E-state index in [4.69, 9.17) is 9.47 Å². The molecule has 3 aromatic carbocycles. The van der Waals surface area contributed by atoms with E-state index in [0.29, 0.717) is 34.2 Å². The van der Waals surface area contributed by atoms with Crippen LogP contribution in [-0.2, 0) is 20.9 Å². The largest absolute Gasteiger partial charge is 0.494 e. The molecule has 178 valence electrons. The van der Waals surface area contributed by atoms with Gasteiger partial charge in [0.15, 0.2) is 12.0 Å². The number of benzene rings is 3. The zero-order valence-electron chi connectivity index (χ0n) is 18.7. The van der Waals surface area contributed by atoms with Crippen molar-refractivity contribution >= 4 is 45.1 Å². The van der Waals surface area contributed by atoms with Gasteiger partial charge in [-0.3, -0.25) is 24.5 Å². The Morgan fingerprint density at radius 2 is 1.63 bits per heavy atom. The molecule has 0 aliphatic heterocycles. The number of carbonyl (C=O) groups excluding carboxylic acids is 2. The topological polar surface area (TPSA) is 130 Å². The number of esters is 1. The molecule has 4 aromatic rings. The van der Waals surface area contributed by atoms with Gasteiger partial charge in [0.05, 0.1) is 28.6 Å². The quantitative estimate of drug-likeness (QED) is 0.178. The van der Waals surface area contributed by atoms with Crippen LogP contribution in [0.1, 0.15) is 6.92 Å². The summed E-state index contributed by atoms with van der Waals surface area (Å²) in [6, 6.07) is 17.9. The van der Waals surface area contributed by atoms with E-state index in [1.54, 1.807) is 60.0 Å². The average molecular weight is 475 g/mol. The summed E-state index contributed by atoms with van der Waals surface area (Å²) >= 11 is 0. The first-order valence-electron chi connectivity index (χ1n) is 10.8. The van der Waals surface area contributed by atoms with Crippen molar-refractivity contribution in [1.82, 2.24) is 4.57 Å². The van der Waals surface area contributed by atoms with E-state index in [2.05, 4.69) is 5.32 Å². The number of pyridine rings is 1. The Kier molecular flexibility index (Phi) is 6.72. The van der Waals surface area contributed by atoms with Crippen LogP contribution in [0.3, 0.4) is 0 Å². The number of fused-ring (bicyclic) bond motifs is 2. The van der Waals surface area contributed by atoms with Crippen molar-refractivity contribution in [2.45, 2.75) is 13.5 Å². The second-order valence-electron chi connectivity index (χ2n) is 7.53. The molecule has 0 bridgehead atoms. The maximum atomic E-state index is 12.8. The van der Waals surface area contributed by atoms with Gasteiger partial charge in [0.25, 0.3) is 11.6 Å². The highest BCUT2D eigenvalue weighted by atomic mass is 16.6. The molecule has 0 saturated carbocycles. The number of aromatic nitrogens is 1. The molecule has 0 atom stereocenters. The molecule has 0 fully saturated rings. The highest BCUT2D eigenvalue weighted by molar-refractivity contribution is 5.96. The summed E-state index contributed by atoms with van der Waals surface area (Å²) in [5, 5.41) is 14.7. The zero-order valence-corrected chi connectivity index (χ0v) is 18.7. The van der Waals surface area contributed by atoms with E-state index in [9.17, 15) is 24.5 Å². The van der Waals surface area contributed by atoms with Crippen molar-refractivity contribution in [1.29, 1.82) is 0 Å². The van der Waals surface area contributed by atoms with Crippen LogP contribution in [0.15, 0.2) is 71.5 Å². The Labute approximate surface area is 198 Å². The molecule has 0 radical (unpaired) electrons. The Morgan fingerprint density at radius 1 is 1.00 bits per heavy atom. The number of carbonyl (C=O) groups is 2. The van der Waals surface area contributed by atoms with Gasteiger partial charge in [-0.25, -0.2) is 0 Å². The molecule has 0 unspecified atom stereocenters. The predicted octanol–water partition coefficient (Wildman–Crippen LogP) is 3.64. The number of nitro groups is 1. The molecule has 1 N–H and O–H groups in total. The van der Waals surface area contributed by atoms with E-state index in [-0.39, 0.29) is 23.3 Å². The normalized spacial score (nSPS) is 10.8. The number of hydrogen-bond donors (Lipinski definition) is 1. The third-order valence-corrected chi connectivity index (χ3v) is 5.28. The van der Waals surface area contributed by atoms with E-state index in [1.165, 1.54) is 18.2 Å². The fraction of sp³-hybridized carbons (Fsp3) is 0.160. The van der Waals surface area contributed by atoms with Crippen LogP contribution in [0.5, 0.6) is 5.75 Å². The minimum absolute atomic E-state index is 0.0445. The van der Waals surface area contributed by atoms with E-state index in [0.717, 1.165) is 0 Å². The van der Waals surface area contributed by atoms with Gasteiger partial charge in [-0.05, 0) is 43.3 Å². The van der Waals surface area contributed by atoms with Gasteiger partial charge in [-0.1, -0.05) is 24.3 Å². The number of para-hydroxylation sites is 2. The maximum absolute atomic E-state index is 12.8. The summed E-state index contributed by atoms with van der Waals surface area (Å²) in [5.41, 5.74) is 0.584. The minimum atomic E-state index is -0.736. The van der Waals surface area contributed by atoms with Crippen LogP contribution in [0.4, 0.5) is 11.4 Å². The van der Waals surface area contributed by atoms with Crippen LogP contribution < -0.4 is 15.5 Å². The van der Waals surface area contributed by atoms with Crippen LogP contribution in [0, 0.1) is 10.1 Å². The lowest BCUT2D eigenvalue weighted by Gasteiger charge is -2.14. The van der Waals surface area contributed by atoms with Gasteiger partial charge in [0, 0.05) is 10.8 Å². The highest BCUT2D eigenvalue weighted by Gasteiger charge is 2.19. The first kappa shape index (κ1) is 23.4. The molecule has 10 heteroatoms. The molecule has 0 aliphatic rings. The summed E-state index contributed by atoms with van der Waals surface area (Å²) in [7, 11) is 0. The molecular formula is C25H21N3O7. The van der Waals surface area contributed by atoms with Crippen molar-refractivity contribution in [2.24, 2.45) is 0 Å². The average Bonchev–Trinajstić information content (AvgIpc) is 2.86. The van der Waals surface area contributed by atoms with E-state index >= 15 is 0 Å². The van der Waals surface area contributed by atoms with Crippen LogP contribution in [0.2, 0.25) is 0 Å². The van der Waals surface area contributed by atoms with E-state index < -0.39 is 23.4 Å². The molecule has 1 aromatic heterocycles. The lowest BCUT2D eigenvalue weighted by Crippen LogP contribution is -2.24.